The van der Waals surface area contributed by atoms with Crippen molar-refractivity contribution < 1.29 is 14.3 Å². The minimum Gasteiger partial charge on any atom is -0.462 e. The van der Waals surface area contributed by atoms with Gasteiger partial charge in [0.15, 0.2) is 0 Å². The highest BCUT2D eigenvalue weighted by atomic mass is 16.5. The van der Waals surface area contributed by atoms with Crippen LogP contribution in [0.1, 0.15) is 150 Å². The van der Waals surface area contributed by atoms with Gasteiger partial charge in [-0.2, -0.15) is 0 Å². The van der Waals surface area contributed by atoms with Crippen LogP contribution in [0.3, 0.4) is 0 Å². The number of anilines is 1. The van der Waals surface area contributed by atoms with E-state index in [-0.39, 0.29) is 36.2 Å². The number of aryl methyl sites for hydroxylation is 1. The molecule has 3 fully saturated rings. The Bertz CT molecular complexity index is 1280. The fourth-order valence-corrected chi connectivity index (χ4v) is 11.0. The number of hydrogen-bond acceptors (Lipinski definition) is 5. The Morgan fingerprint density at radius 1 is 0.980 bits per heavy atom. The Kier molecular flexibility index (Phi) is 13.3. The highest BCUT2D eigenvalue weighted by Gasteiger charge is 2.59. The number of unbranched alkanes of at least 4 members (excludes halogenated alkanes) is 1. The summed E-state index contributed by atoms with van der Waals surface area (Å²) < 4.78 is 6.00. The number of carbonyl (C=O) groups excluding carboxylic acids is 2. The van der Waals surface area contributed by atoms with Crippen LogP contribution in [0, 0.1) is 46.3 Å². The Morgan fingerprint density at radius 2 is 1.80 bits per heavy atom. The summed E-state index contributed by atoms with van der Waals surface area (Å²) in [5.74, 6) is 4.70. The van der Waals surface area contributed by atoms with Crippen molar-refractivity contribution in [2.24, 2.45) is 46.3 Å². The highest BCUT2D eigenvalue weighted by molar-refractivity contribution is 5.81. The van der Waals surface area contributed by atoms with E-state index in [4.69, 9.17) is 4.74 Å². The predicted molar refractivity (Wildman–Crippen MR) is 201 cm³/mol. The van der Waals surface area contributed by atoms with E-state index in [1.165, 1.54) is 51.4 Å². The smallest absolute Gasteiger partial charge is 0.306 e. The topological polar surface area (TPSA) is 80.3 Å². The molecule has 6 nitrogen and oxygen atoms in total. The second kappa shape index (κ2) is 17.2. The number of carbonyl (C=O) groups is 2. The van der Waals surface area contributed by atoms with Gasteiger partial charge in [0.2, 0.25) is 5.91 Å². The van der Waals surface area contributed by atoms with Gasteiger partial charge in [-0.05, 0) is 123 Å². The number of allylic oxidation sites excluding steroid dienone is 1. The molecule has 274 valence electrons. The summed E-state index contributed by atoms with van der Waals surface area (Å²) in [6.45, 7) is 16.1. The van der Waals surface area contributed by atoms with E-state index < -0.39 is 0 Å². The second-order valence-electron chi connectivity index (χ2n) is 17.4. The van der Waals surface area contributed by atoms with Crippen LogP contribution < -0.4 is 10.6 Å². The SMILES string of the molecule is CCCc1cc(NCCCCNC(=O)CCC(=O)OC2CCC3(C)C(=CCC4C3CCC3(C)C(C(C)CCCC(C)C)CCC43)C2)ccn1. The summed E-state index contributed by atoms with van der Waals surface area (Å²) in [4.78, 5) is 29.6. The van der Waals surface area contributed by atoms with Gasteiger partial charge in [0, 0.05) is 43.5 Å². The van der Waals surface area contributed by atoms with Gasteiger partial charge in [-0.1, -0.05) is 78.9 Å². The zero-order chi connectivity index (χ0) is 35.0. The second-order valence-corrected chi connectivity index (χ2v) is 17.4. The zero-order valence-corrected chi connectivity index (χ0v) is 32.0. The number of esters is 1. The number of nitrogens with zero attached hydrogens (tertiary/aromatic N) is 1. The van der Waals surface area contributed by atoms with Crippen LogP contribution in [-0.2, 0) is 20.7 Å². The molecule has 1 aromatic heterocycles. The van der Waals surface area contributed by atoms with Gasteiger partial charge in [0.1, 0.15) is 6.10 Å². The fourth-order valence-electron chi connectivity index (χ4n) is 11.0. The van der Waals surface area contributed by atoms with E-state index >= 15 is 0 Å². The van der Waals surface area contributed by atoms with E-state index in [0.717, 1.165) is 98.4 Å². The molecule has 8 unspecified atom stereocenters. The maximum atomic E-state index is 12.8. The first-order valence-electron chi connectivity index (χ1n) is 20.4. The minimum atomic E-state index is -0.227. The Balaban J connectivity index is 1.01. The third kappa shape index (κ3) is 9.30. The van der Waals surface area contributed by atoms with Gasteiger partial charge in [0.05, 0.1) is 6.42 Å². The van der Waals surface area contributed by atoms with Crippen molar-refractivity contribution in [3.8, 4) is 0 Å². The molecule has 2 N–H and O–H groups in total. The summed E-state index contributed by atoms with van der Waals surface area (Å²) in [6.07, 6.45) is 22.6. The third-order valence-electron chi connectivity index (χ3n) is 13.7. The number of ether oxygens (including phenoxy) is 1. The van der Waals surface area contributed by atoms with Crippen molar-refractivity contribution in [3.05, 3.63) is 35.7 Å². The fraction of sp³-hybridized carbons (Fsp3) is 0.791. The van der Waals surface area contributed by atoms with E-state index in [9.17, 15) is 9.59 Å². The Labute approximate surface area is 298 Å². The molecule has 1 amide bonds. The standard InChI is InChI=1S/C43H69N3O3/c1-7-11-33-29-34(22-27-45-33)44-25-8-9-26-46-40(47)18-19-41(48)49-35-20-23-42(5)32(28-35)14-15-36-38-17-16-37(31(4)13-10-12-30(2)3)43(38,6)24-21-39(36)42/h14,22,27,29-31,35-39H,7-13,15-21,23-26,28H2,1-6H3,(H,44,45)(H,46,47). The van der Waals surface area contributed by atoms with Crippen LogP contribution in [0.25, 0.3) is 0 Å². The van der Waals surface area contributed by atoms with E-state index in [1.54, 1.807) is 5.57 Å². The monoisotopic (exact) mass is 676 g/mol. The molecular weight excluding hydrogens is 606 g/mol. The molecule has 6 heteroatoms. The van der Waals surface area contributed by atoms with Crippen LogP contribution in [-0.4, -0.2) is 36.1 Å². The molecule has 3 saturated carbocycles. The molecule has 0 aromatic carbocycles. The molecular formula is C43H69N3O3. The molecule has 1 heterocycles. The maximum absolute atomic E-state index is 12.8. The summed E-state index contributed by atoms with van der Waals surface area (Å²) in [6, 6.07) is 4.11. The molecule has 0 aliphatic heterocycles. The molecule has 0 saturated heterocycles. The number of aromatic nitrogens is 1. The summed E-state index contributed by atoms with van der Waals surface area (Å²) in [5.41, 5.74) is 4.53. The van der Waals surface area contributed by atoms with Gasteiger partial charge in [-0.25, -0.2) is 0 Å². The van der Waals surface area contributed by atoms with Gasteiger partial charge in [-0.3, -0.25) is 14.6 Å². The molecule has 4 aliphatic carbocycles. The third-order valence-corrected chi connectivity index (χ3v) is 13.7. The predicted octanol–water partition coefficient (Wildman–Crippen LogP) is 10.1. The largest absolute Gasteiger partial charge is 0.462 e. The summed E-state index contributed by atoms with van der Waals surface area (Å²) in [5, 5.41) is 6.43. The normalized spacial score (nSPS) is 31.2. The average molecular weight is 676 g/mol. The first-order valence-corrected chi connectivity index (χ1v) is 20.4. The summed E-state index contributed by atoms with van der Waals surface area (Å²) in [7, 11) is 0. The highest BCUT2D eigenvalue weighted by Crippen LogP contribution is 2.67. The summed E-state index contributed by atoms with van der Waals surface area (Å²) >= 11 is 0. The molecule has 0 radical (unpaired) electrons. The van der Waals surface area contributed by atoms with Gasteiger partial charge in [-0.15, -0.1) is 0 Å². The molecule has 1 aromatic rings. The minimum absolute atomic E-state index is 0.0474. The maximum Gasteiger partial charge on any atom is 0.306 e. The average Bonchev–Trinajstić information content (AvgIpc) is 3.43. The number of nitrogens with one attached hydrogen (secondary N) is 2. The van der Waals surface area contributed by atoms with Crippen molar-refractivity contribution >= 4 is 17.6 Å². The quantitative estimate of drug-likeness (QED) is 0.0976. The van der Waals surface area contributed by atoms with Gasteiger partial charge >= 0.3 is 5.97 Å². The number of rotatable bonds is 17. The molecule has 8 atom stereocenters. The Hall–Kier alpha value is -2.37. The lowest BCUT2D eigenvalue weighted by molar-refractivity contribution is -0.152. The lowest BCUT2D eigenvalue weighted by Gasteiger charge is -2.58. The molecule has 0 bridgehead atoms. The van der Waals surface area contributed by atoms with E-state index in [0.29, 0.717) is 12.0 Å². The number of hydrogen-bond donors (Lipinski definition) is 2. The van der Waals surface area contributed by atoms with E-state index in [1.807, 2.05) is 12.3 Å². The number of amides is 1. The van der Waals surface area contributed by atoms with Crippen molar-refractivity contribution in [3.63, 3.8) is 0 Å². The molecule has 4 aliphatic rings. The van der Waals surface area contributed by atoms with Crippen LogP contribution in [0.15, 0.2) is 30.0 Å². The van der Waals surface area contributed by atoms with E-state index in [2.05, 4.69) is 69.3 Å². The first kappa shape index (κ1) is 37.9. The number of pyridine rings is 1. The van der Waals surface area contributed by atoms with Crippen LogP contribution in [0.5, 0.6) is 0 Å². The first-order chi connectivity index (χ1) is 23.5. The molecule has 49 heavy (non-hydrogen) atoms. The van der Waals surface area contributed by atoms with Crippen molar-refractivity contribution in [1.82, 2.24) is 10.3 Å². The number of fused-ring (bicyclic) bond motifs is 5. The van der Waals surface area contributed by atoms with Crippen molar-refractivity contribution in [2.75, 3.05) is 18.4 Å². The molecule has 0 spiro atoms. The Morgan fingerprint density at radius 3 is 2.59 bits per heavy atom. The van der Waals surface area contributed by atoms with Gasteiger partial charge < -0.3 is 15.4 Å². The van der Waals surface area contributed by atoms with Crippen LogP contribution in [0.4, 0.5) is 5.69 Å². The molecule has 5 rings (SSSR count). The van der Waals surface area contributed by atoms with Gasteiger partial charge in [0.25, 0.3) is 0 Å². The lowest BCUT2D eigenvalue weighted by atomic mass is 9.47. The zero-order valence-electron chi connectivity index (χ0n) is 32.0. The lowest BCUT2D eigenvalue weighted by Crippen LogP contribution is -2.51. The van der Waals surface area contributed by atoms with Crippen molar-refractivity contribution in [2.45, 2.75) is 157 Å². The van der Waals surface area contributed by atoms with Crippen LogP contribution >= 0.6 is 0 Å². The van der Waals surface area contributed by atoms with Crippen LogP contribution in [0.2, 0.25) is 0 Å². The van der Waals surface area contributed by atoms with Crippen molar-refractivity contribution in [1.29, 1.82) is 0 Å².